The molecule has 0 aromatic carbocycles. The van der Waals surface area contributed by atoms with Crippen molar-refractivity contribution in [2.75, 3.05) is 0 Å². The third-order valence-electron chi connectivity index (χ3n) is 3.24. The molecule has 0 aliphatic rings. The molecule has 0 aromatic rings. The zero-order chi connectivity index (χ0) is 15.8. The number of carboxylic acids is 2. The molecule has 0 aliphatic carbocycles. The van der Waals surface area contributed by atoms with E-state index < -0.39 is 11.9 Å². The van der Waals surface area contributed by atoms with Gasteiger partial charge in [0.2, 0.25) is 0 Å². The van der Waals surface area contributed by atoms with E-state index in [4.69, 9.17) is 10.2 Å². The molecular weight excluding hydrogens is 322 g/mol. The number of aliphatic carboxylic acids is 2. The Bertz CT molecular complexity index is 244. The van der Waals surface area contributed by atoms with E-state index in [1.807, 2.05) is 6.92 Å². The Morgan fingerprint density at radius 1 is 0.857 bits per heavy atom. The fraction of sp³-hybridized carbons (Fsp3) is 0.875. The van der Waals surface area contributed by atoms with Crippen molar-refractivity contribution in [2.24, 2.45) is 5.92 Å². The summed E-state index contributed by atoms with van der Waals surface area (Å²) in [6, 6.07) is 0. The first kappa shape index (κ1) is 25.5. The Kier molecular flexibility index (Phi) is 23.8. The van der Waals surface area contributed by atoms with E-state index in [9.17, 15) is 9.59 Å². The average molecular weight is 354 g/mol. The van der Waals surface area contributed by atoms with E-state index in [0.29, 0.717) is 6.42 Å². The minimum Gasteiger partial charge on any atom is -0.481 e. The summed E-state index contributed by atoms with van der Waals surface area (Å²) in [5.41, 5.74) is 0. The molecule has 0 radical (unpaired) electrons. The first-order chi connectivity index (χ1) is 9.49. The second-order valence-corrected chi connectivity index (χ2v) is 5.14. The third kappa shape index (κ3) is 22.0. The van der Waals surface area contributed by atoms with Gasteiger partial charge in [0.25, 0.3) is 0 Å². The molecule has 0 fully saturated rings. The average Bonchev–Trinajstić information content (AvgIpc) is 2.39. The second kappa shape index (κ2) is 19.6. The van der Waals surface area contributed by atoms with Crippen LogP contribution in [0.25, 0.3) is 0 Å². The number of carbonyl (C=O) groups is 2. The van der Waals surface area contributed by atoms with Gasteiger partial charge in [0.1, 0.15) is 0 Å². The fourth-order valence-corrected chi connectivity index (χ4v) is 1.85. The standard InChI is InChI=1S/C10H20O2.C6H12O2.Zn/c1-3-5-6-7-8-9(4-2)10(11)12;1-2-3-4-5-6(7)8;/h9H,3-8H2,1-2H3,(H,11,12);2-5H2,1H3,(H,7,8);. The molecule has 0 heterocycles. The summed E-state index contributed by atoms with van der Waals surface area (Å²) in [6.45, 7) is 6.16. The van der Waals surface area contributed by atoms with Crippen LogP contribution in [-0.4, -0.2) is 22.2 Å². The number of unbranched alkanes of at least 4 members (excludes halogenated alkanes) is 5. The van der Waals surface area contributed by atoms with Crippen LogP contribution >= 0.6 is 0 Å². The number of carboxylic acid groups (broad SMARTS) is 2. The third-order valence-corrected chi connectivity index (χ3v) is 3.24. The molecule has 0 amide bonds. The molecule has 122 valence electrons. The summed E-state index contributed by atoms with van der Waals surface area (Å²) >= 11 is 0. The molecule has 1 unspecified atom stereocenters. The van der Waals surface area contributed by atoms with Gasteiger partial charge in [-0.1, -0.05) is 59.3 Å². The van der Waals surface area contributed by atoms with Gasteiger partial charge in [-0.15, -0.1) is 0 Å². The van der Waals surface area contributed by atoms with Crippen LogP contribution in [0.15, 0.2) is 0 Å². The normalized spacial score (nSPS) is 10.8. The zero-order valence-corrected chi connectivity index (χ0v) is 17.0. The van der Waals surface area contributed by atoms with E-state index in [-0.39, 0.29) is 25.4 Å². The molecule has 0 saturated carbocycles. The van der Waals surface area contributed by atoms with Gasteiger partial charge in [0, 0.05) is 25.9 Å². The van der Waals surface area contributed by atoms with Crippen LogP contribution < -0.4 is 0 Å². The van der Waals surface area contributed by atoms with Crippen LogP contribution in [0.3, 0.4) is 0 Å². The Morgan fingerprint density at radius 3 is 1.76 bits per heavy atom. The van der Waals surface area contributed by atoms with Crippen molar-refractivity contribution in [1.29, 1.82) is 0 Å². The largest absolute Gasteiger partial charge is 0.481 e. The Labute approximate surface area is 142 Å². The molecule has 0 rings (SSSR count). The van der Waals surface area contributed by atoms with Crippen LogP contribution in [0.5, 0.6) is 0 Å². The topological polar surface area (TPSA) is 74.6 Å². The summed E-state index contributed by atoms with van der Waals surface area (Å²) in [6.07, 6.45) is 9.59. The summed E-state index contributed by atoms with van der Waals surface area (Å²) in [5.74, 6) is -1.42. The quantitative estimate of drug-likeness (QED) is 0.416. The molecule has 5 heteroatoms. The molecule has 2 N–H and O–H groups in total. The van der Waals surface area contributed by atoms with E-state index in [0.717, 1.165) is 38.5 Å². The molecular formula is C16H32O4Zn. The maximum atomic E-state index is 10.6. The molecule has 1 atom stereocenters. The van der Waals surface area contributed by atoms with Gasteiger partial charge < -0.3 is 10.2 Å². The summed E-state index contributed by atoms with van der Waals surface area (Å²) in [5, 5.41) is 16.9. The monoisotopic (exact) mass is 352 g/mol. The predicted octanol–water partition coefficient (Wildman–Crippen LogP) is 4.72. The first-order valence-electron chi connectivity index (χ1n) is 7.94. The van der Waals surface area contributed by atoms with E-state index in [1.165, 1.54) is 19.3 Å². The SMILES string of the molecule is CCCCCC(=O)O.CCCCCCC(CC)C(=O)O.[Zn]. The van der Waals surface area contributed by atoms with Gasteiger partial charge in [0.15, 0.2) is 0 Å². The van der Waals surface area contributed by atoms with E-state index in [1.54, 1.807) is 0 Å². The van der Waals surface area contributed by atoms with Crippen LogP contribution in [0.2, 0.25) is 0 Å². The van der Waals surface area contributed by atoms with Gasteiger partial charge in [-0.25, -0.2) is 0 Å². The predicted molar refractivity (Wildman–Crippen MR) is 82.0 cm³/mol. The number of hydrogen-bond acceptors (Lipinski definition) is 2. The summed E-state index contributed by atoms with van der Waals surface area (Å²) in [4.78, 5) is 20.5. The Hall–Kier alpha value is -0.437. The van der Waals surface area contributed by atoms with Crippen molar-refractivity contribution in [3.8, 4) is 0 Å². The van der Waals surface area contributed by atoms with Gasteiger partial charge in [-0.3, -0.25) is 9.59 Å². The molecule has 0 bridgehead atoms. The summed E-state index contributed by atoms with van der Waals surface area (Å²) < 4.78 is 0. The van der Waals surface area contributed by atoms with Crippen molar-refractivity contribution >= 4 is 11.9 Å². The fourth-order valence-electron chi connectivity index (χ4n) is 1.85. The van der Waals surface area contributed by atoms with Gasteiger partial charge in [0.05, 0.1) is 5.92 Å². The van der Waals surface area contributed by atoms with Crippen molar-refractivity contribution in [1.82, 2.24) is 0 Å². The molecule has 0 aromatic heterocycles. The molecule has 0 aliphatic heterocycles. The van der Waals surface area contributed by atoms with Crippen molar-refractivity contribution in [2.45, 2.75) is 85.0 Å². The maximum absolute atomic E-state index is 10.6. The van der Waals surface area contributed by atoms with Crippen LogP contribution in [0, 0.1) is 5.92 Å². The number of rotatable bonds is 11. The van der Waals surface area contributed by atoms with Crippen molar-refractivity contribution in [3.63, 3.8) is 0 Å². The smallest absolute Gasteiger partial charge is 0.306 e. The van der Waals surface area contributed by atoms with E-state index in [2.05, 4.69) is 13.8 Å². The molecule has 0 spiro atoms. The minimum absolute atomic E-state index is 0. The minimum atomic E-state index is -0.682. The first-order valence-corrected chi connectivity index (χ1v) is 7.94. The van der Waals surface area contributed by atoms with Crippen LogP contribution in [-0.2, 0) is 29.1 Å². The Balaban J connectivity index is -0.000000317. The van der Waals surface area contributed by atoms with Crippen molar-refractivity contribution < 1.29 is 39.3 Å². The molecule has 21 heavy (non-hydrogen) atoms. The van der Waals surface area contributed by atoms with Crippen LogP contribution in [0.1, 0.15) is 85.0 Å². The second-order valence-electron chi connectivity index (χ2n) is 5.14. The van der Waals surface area contributed by atoms with Gasteiger partial charge in [-0.05, 0) is 19.3 Å². The molecule has 4 nitrogen and oxygen atoms in total. The van der Waals surface area contributed by atoms with Crippen LogP contribution in [0.4, 0.5) is 0 Å². The zero-order valence-electron chi connectivity index (χ0n) is 14.1. The number of hydrogen-bond donors (Lipinski definition) is 2. The molecule has 0 saturated heterocycles. The van der Waals surface area contributed by atoms with E-state index >= 15 is 0 Å². The van der Waals surface area contributed by atoms with Crippen molar-refractivity contribution in [3.05, 3.63) is 0 Å². The van der Waals surface area contributed by atoms with Gasteiger partial charge >= 0.3 is 11.9 Å². The summed E-state index contributed by atoms with van der Waals surface area (Å²) in [7, 11) is 0. The maximum Gasteiger partial charge on any atom is 0.306 e. The van der Waals surface area contributed by atoms with Gasteiger partial charge in [-0.2, -0.15) is 0 Å². The Morgan fingerprint density at radius 2 is 1.38 bits per heavy atom.